The Kier molecular flexibility index (Phi) is 8.87. The Morgan fingerprint density at radius 3 is 2.43 bits per heavy atom. The summed E-state index contributed by atoms with van der Waals surface area (Å²) in [6, 6.07) is 5.04. The number of aromatic hydroxyl groups is 1. The smallest absolute Gasteiger partial charge is 0.160 e. The van der Waals surface area contributed by atoms with Crippen LogP contribution in [0.2, 0.25) is 0 Å². The number of phenolic OH excluding ortho intramolecular Hbond substituents is 1. The molecule has 0 bridgehead atoms. The Bertz CT molecular complexity index is 396. The fraction of sp³-hybridized carbons (Fsp3) is 0.647. The number of methoxy groups -OCH3 is 1. The summed E-state index contributed by atoms with van der Waals surface area (Å²) in [4.78, 5) is 0. The molecule has 0 fully saturated rings. The van der Waals surface area contributed by atoms with Crippen molar-refractivity contribution in [3.63, 3.8) is 0 Å². The number of nitrogens with two attached hydrogens (primary N) is 1. The van der Waals surface area contributed by atoms with Crippen LogP contribution in [0.3, 0.4) is 0 Å². The first-order valence-corrected chi connectivity index (χ1v) is 7.93. The molecular formula is C17H29NO3. The van der Waals surface area contributed by atoms with Gasteiger partial charge in [0.2, 0.25) is 0 Å². The van der Waals surface area contributed by atoms with Gasteiger partial charge in [0.15, 0.2) is 11.5 Å². The van der Waals surface area contributed by atoms with Gasteiger partial charge in [-0.1, -0.05) is 51.5 Å². The fourth-order valence-electron chi connectivity index (χ4n) is 2.24. The van der Waals surface area contributed by atoms with E-state index in [1.165, 1.54) is 45.6 Å². The summed E-state index contributed by atoms with van der Waals surface area (Å²) in [5.74, 6) is 0.531. The zero-order valence-corrected chi connectivity index (χ0v) is 13.3. The van der Waals surface area contributed by atoms with Gasteiger partial charge in [-0.25, -0.2) is 0 Å². The molecule has 1 atom stereocenters. The number of benzene rings is 1. The SMILES string of the molecule is CCCCCCCCCOC(N)c1ccc(O)c(OC)c1. The maximum atomic E-state index is 9.54. The van der Waals surface area contributed by atoms with Gasteiger partial charge in [-0.15, -0.1) is 0 Å². The second-order valence-electron chi connectivity index (χ2n) is 5.34. The summed E-state index contributed by atoms with van der Waals surface area (Å²) in [5.41, 5.74) is 6.80. The first kappa shape index (κ1) is 17.8. The highest BCUT2D eigenvalue weighted by atomic mass is 16.5. The zero-order chi connectivity index (χ0) is 15.5. The zero-order valence-electron chi connectivity index (χ0n) is 13.3. The van der Waals surface area contributed by atoms with Crippen LogP contribution in [0.1, 0.15) is 63.7 Å². The summed E-state index contributed by atoms with van der Waals surface area (Å²) in [5, 5.41) is 9.54. The third-order valence-corrected chi connectivity index (χ3v) is 3.58. The van der Waals surface area contributed by atoms with Crippen molar-refractivity contribution in [2.45, 2.75) is 58.1 Å². The predicted molar refractivity (Wildman–Crippen MR) is 85.5 cm³/mol. The van der Waals surface area contributed by atoms with Gasteiger partial charge in [0, 0.05) is 6.61 Å². The van der Waals surface area contributed by atoms with E-state index in [2.05, 4.69) is 6.92 Å². The van der Waals surface area contributed by atoms with Crippen molar-refractivity contribution < 1.29 is 14.6 Å². The van der Waals surface area contributed by atoms with E-state index in [1.54, 1.807) is 18.2 Å². The third kappa shape index (κ3) is 6.82. The van der Waals surface area contributed by atoms with Crippen LogP contribution in [0.5, 0.6) is 11.5 Å². The molecule has 0 aromatic heterocycles. The van der Waals surface area contributed by atoms with Gasteiger partial charge in [0.05, 0.1) is 7.11 Å². The van der Waals surface area contributed by atoms with Crippen molar-refractivity contribution in [3.05, 3.63) is 23.8 Å². The number of rotatable bonds is 11. The van der Waals surface area contributed by atoms with Crippen molar-refractivity contribution >= 4 is 0 Å². The number of hydrogen-bond donors (Lipinski definition) is 2. The lowest BCUT2D eigenvalue weighted by Gasteiger charge is -2.14. The van der Waals surface area contributed by atoms with Crippen LogP contribution in [-0.2, 0) is 4.74 Å². The third-order valence-electron chi connectivity index (χ3n) is 3.58. The Morgan fingerprint density at radius 2 is 1.76 bits per heavy atom. The maximum Gasteiger partial charge on any atom is 0.160 e. The Hall–Kier alpha value is -1.26. The van der Waals surface area contributed by atoms with Crippen molar-refractivity contribution in [3.8, 4) is 11.5 Å². The lowest BCUT2D eigenvalue weighted by atomic mass is 10.1. The predicted octanol–water partition coefficient (Wildman–Crippen LogP) is 4.13. The van der Waals surface area contributed by atoms with Gasteiger partial charge < -0.3 is 20.3 Å². The van der Waals surface area contributed by atoms with Crippen LogP contribution in [0, 0.1) is 0 Å². The number of hydrogen-bond acceptors (Lipinski definition) is 4. The molecular weight excluding hydrogens is 266 g/mol. The molecule has 4 nitrogen and oxygen atoms in total. The second-order valence-corrected chi connectivity index (χ2v) is 5.34. The molecule has 21 heavy (non-hydrogen) atoms. The van der Waals surface area contributed by atoms with E-state index in [0.29, 0.717) is 12.4 Å². The molecule has 1 unspecified atom stereocenters. The highest BCUT2D eigenvalue weighted by molar-refractivity contribution is 5.42. The van der Waals surface area contributed by atoms with E-state index < -0.39 is 6.23 Å². The quantitative estimate of drug-likeness (QED) is 0.476. The molecule has 3 N–H and O–H groups in total. The van der Waals surface area contributed by atoms with Crippen molar-refractivity contribution in [1.82, 2.24) is 0 Å². The minimum absolute atomic E-state index is 0.112. The fourth-order valence-corrected chi connectivity index (χ4v) is 2.24. The van der Waals surface area contributed by atoms with Crippen molar-refractivity contribution in [1.29, 1.82) is 0 Å². The average molecular weight is 295 g/mol. The molecule has 1 aromatic rings. The second kappa shape index (κ2) is 10.5. The van der Waals surface area contributed by atoms with Gasteiger partial charge >= 0.3 is 0 Å². The van der Waals surface area contributed by atoms with Crippen LogP contribution in [-0.4, -0.2) is 18.8 Å². The first-order valence-electron chi connectivity index (χ1n) is 7.93. The molecule has 0 aliphatic carbocycles. The molecule has 4 heteroatoms. The summed E-state index contributed by atoms with van der Waals surface area (Å²) < 4.78 is 10.7. The highest BCUT2D eigenvalue weighted by Gasteiger charge is 2.09. The van der Waals surface area contributed by atoms with Gasteiger partial charge in [-0.2, -0.15) is 0 Å². The van der Waals surface area contributed by atoms with Crippen LogP contribution in [0.15, 0.2) is 18.2 Å². The number of phenols is 1. The molecule has 0 saturated heterocycles. The molecule has 0 saturated carbocycles. The molecule has 0 heterocycles. The van der Waals surface area contributed by atoms with Crippen LogP contribution in [0.4, 0.5) is 0 Å². The molecule has 0 radical (unpaired) electrons. The lowest BCUT2D eigenvalue weighted by molar-refractivity contribution is 0.0541. The normalized spacial score (nSPS) is 12.3. The van der Waals surface area contributed by atoms with E-state index >= 15 is 0 Å². The summed E-state index contributed by atoms with van der Waals surface area (Å²) >= 11 is 0. The van der Waals surface area contributed by atoms with Crippen LogP contribution < -0.4 is 10.5 Å². The van der Waals surface area contributed by atoms with Gasteiger partial charge in [0.1, 0.15) is 6.23 Å². The highest BCUT2D eigenvalue weighted by Crippen LogP contribution is 2.28. The van der Waals surface area contributed by atoms with Crippen LogP contribution in [0.25, 0.3) is 0 Å². The molecule has 1 aromatic carbocycles. The minimum atomic E-state index is -0.473. The van der Waals surface area contributed by atoms with Gasteiger partial charge in [-0.3, -0.25) is 0 Å². The lowest BCUT2D eigenvalue weighted by Crippen LogP contribution is -2.15. The number of unbranched alkanes of at least 4 members (excludes halogenated alkanes) is 6. The first-order chi connectivity index (χ1) is 10.2. The molecule has 120 valence electrons. The summed E-state index contributed by atoms with van der Waals surface area (Å²) in [6.45, 7) is 2.89. The standard InChI is InChI=1S/C17H29NO3/c1-3-4-5-6-7-8-9-12-21-17(18)14-10-11-15(19)16(13-14)20-2/h10-11,13,17,19H,3-9,12,18H2,1-2H3. The van der Waals surface area contributed by atoms with E-state index in [-0.39, 0.29) is 5.75 Å². The van der Waals surface area contributed by atoms with Gasteiger partial charge in [0.25, 0.3) is 0 Å². The number of ether oxygens (including phenoxy) is 2. The molecule has 1 rings (SSSR count). The maximum absolute atomic E-state index is 9.54. The van der Waals surface area contributed by atoms with Crippen LogP contribution >= 0.6 is 0 Å². The summed E-state index contributed by atoms with van der Waals surface area (Å²) in [7, 11) is 1.52. The molecule has 0 spiro atoms. The van der Waals surface area contributed by atoms with E-state index in [1.807, 2.05) is 0 Å². The molecule has 0 amide bonds. The monoisotopic (exact) mass is 295 g/mol. The van der Waals surface area contributed by atoms with E-state index in [4.69, 9.17) is 15.2 Å². The van der Waals surface area contributed by atoms with Crippen molar-refractivity contribution in [2.24, 2.45) is 5.73 Å². The molecule has 0 aliphatic rings. The van der Waals surface area contributed by atoms with E-state index in [9.17, 15) is 5.11 Å². The Balaban J connectivity index is 2.20. The van der Waals surface area contributed by atoms with Gasteiger partial charge in [-0.05, 0) is 24.1 Å². The molecule has 0 aliphatic heterocycles. The Morgan fingerprint density at radius 1 is 1.10 bits per heavy atom. The average Bonchev–Trinajstić information content (AvgIpc) is 2.50. The Labute approximate surface area is 128 Å². The topological polar surface area (TPSA) is 64.7 Å². The minimum Gasteiger partial charge on any atom is -0.504 e. The summed E-state index contributed by atoms with van der Waals surface area (Å²) in [6.07, 6.45) is 8.30. The van der Waals surface area contributed by atoms with Crippen molar-refractivity contribution in [2.75, 3.05) is 13.7 Å². The van der Waals surface area contributed by atoms with E-state index in [0.717, 1.165) is 12.0 Å². The largest absolute Gasteiger partial charge is 0.504 e.